The topological polar surface area (TPSA) is 63.2 Å². The van der Waals surface area contributed by atoms with E-state index in [2.05, 4.69) is 26.1 Å². The number of benzene rings is 1. The number of anilines is 1. The molecule has 1 aromatic carbocycles. The summed E-state index contributed by atoms with van der Waals surface area (Å²) in [6.07, 6.45) is 0. The van der Waals surface area contributed by atoms with Crippen LogP contribution in [0.4, 0.5) is 5.13 Å². The van der Waals surface area contributed by atoms with E-state index in [1.165, 1.54) is 22.7 Å². The van der Waals surface area contributed by atoms with Crippen LogP contribution < -0.4 is 4.31 Å². The SMILES string of the molecule is Cc1nnc(N(C)S(=O)(=O)c2cc(C)c(Br)cc2C)s1. The molecule has 5 nitrogen and oxygen atoms in total. The van der Waals surface area contributed by atoms with Crippen LogP contribution in [0.15, 0.2) is 21.5 Å². The second kappa shape index (κ2) is 5.42. The summed E-state index contributed by atoms with van der Waals surface area (Å²) in [5.41, 5.74) is 1.56. The third-order valence-electron chi connectivity index (χ3n) is 2.88. The molecule has 0 aliphatic rings. The summed E-state index contributed by atoms with van der Waals surface area (Å²) in [5.74, 6) is 0. The van der Waals surface area contributed by atoms with Crippen LogP contribution in [0.1, 0.15) is 16.1 Å². The van der Waals surface area contributed by atoms with Gasteiger partial charge in [-0.2, -0.15) is 0 Å². The minimum Gasteiger partial charge on any atom is -0.243 e. The highest BCUT2D eigenvalue weighted by Crippen LogP contribution is 2.29. The minimum absolute atomic E-state index is 0.286. The van der Waals surface area contributed by atoms with Gasteiger partial charge in [0.25, 0.3) is 10.0 Å². The smallest absolute Gasteiger partial charge is 0.243 e. The van der Waals surface area contributed by atoms with E-state index in [-0.39, 0.29) is 4.90 Å². The van der Waals surface area contributed by atoms with Crippen molar-refractivity contribution in [1.82, 2.24) is 10.2 Å². The number of aromatic nitrogens is 2. The first-order valence-electron chi connectivity index (χ1n) is 5.79. The van der Waals surface area contributed by atoms with Crippen LogP contribution >= 0.6 is 27.3 Å². The van der Waals surface area contributed by atoms with Crippen LogP contribution in [-0.2, 0) is 10.0 Å². The maximum absolute atomic E-state index is 12.7. The Morgan fingerprint density at radius 2 is 1.80 bits per heavy atom. The summed E-state index contributed by atoms with van der Waals surface area (Å²) in [7, 11) is -2.14. The largest absolute Gasteiger partial charge is 0.266 e. The molecule has 0 atom stereocenters. The minimum atomic E-state index is -3.63. The fourth-order valence-electron chi connectivity index (χ4n) is 1.70. The molecule has 0 unspecified atom stereocenters. The Morgan fingerprint density at radius 1 is 1.15 bits per heavy atom. The van der Waals surface area contributed by atoms with Crippen molar-refractivity contribution < 1.29 is 8.42 Å². The maximum Gasteiger partial charge on any atom is 0.266 e. The number of sulfonamides is 1. The predicted molar refractivity (Wildman–Crippen MR) is 83.9 cm³/mol. The van der Waals surface area contributed by atoms with Crippen molar-refractivity contribution in [3.63, 3.8) is 0 Å². The van der Waals surface area contributed by atoms with Crippen LogP contribution in [0.2, 0.25) is 0 Å². The van der Waals surface area contributed by atoms with Gasteiger partial charge in [-0.3, -0.25) is 0 Å². The Morgan fingerprint density at radius 3 is 2.35 bits per heavy atom. The molecular weight excluding hydrogens is 362 g/mol. The normalized spacial score (nSPS) is 11.7. The van der Waals surface area contributed by atoms with Gasteiger partial charge in [-0.15, -0.1) is 10.2 Å². The van der Waals surface area contributed by atoms with Gasteiger partial charge in [0.05, 0.1) is 4.90 Å². The molecule has 0 amide bonds. The van der Waals surface area contributed by atoms with Crippen LogP contribution in [0, 0.1) is 20.8 Å². The predicted octanol–water partition coefficient (Wildman–Crippen LogP) is 3.05. The molecule has 8 heteroatoms. The molecule has 1 heterocycles. The standard InChI is InChI=1S/C12H14BrN3O2S2/c1-7-6-11(8(2)5-10(7)13)20(17,18)16(4)12-15-14-9(3)19-12/h5-6H,1-4H3. The molecule has 0 saturated carbocycles. The molecule has 0 saturated heterocycles. The Labute approximate surface area is 130 Å². The van der Waals surface area contributed by atoms with E-state index < -0.39 is 10.0 Å². The highest BCUT2D eigenvalue weighted by molar-refractivity contribution is 9.10. The van der Waals surface area contributed by atoms with Gasteiger partial charge in [-0.25, -0.2) is 12.7 Å². The Balaban J connectivity index is 2.53. The fraction of sp³-hybridized carbons (Fsp3) is 0.333. The number of hydrogen-bond donors (Lipinski definition) is 0. The molecule has 0 fully saturated rings. The highest BCUT2D eigenvalue weighted by Gasteiger charge is 2.26. The van der Waals surface area contributed by atoms with Crippen molar-refractivity contribution in [2.75, 3.05) is 11.4 Å². The summed E-state index contributed by atoms with van der Waals surface area (Å²) >= 11 is 4.65. The van der Waals surface area contributed by atoms with Gasteiger partial charge in [0, 0.05) is 11.5 Å². The second-order valence-corrected chi connectivity index (χ2v) is 8.40. The Bertz CT molecular complexity index is 756. The first-order chi connectivity index (χ1) is 9.23. The number of rotatable bonds is 3. The number of halogens is 1. The fourth-order valence-corrected chi connectivity index (χ4v) is 4.44. The van der Waals surface area contributed by atoms with Gasteiger partial charge in [0.1, 0.15) is 5.01 Å². The van der Waals surface area contributed by atoms with Crippen molar-refractivity contribution in [3.05, 3.63) is 32.7 Å². The monoisotopic (exact) mass is 375 g/mol. The number of hydrogen-bond acceptors (Lipinski definition) is 5. The van der Waals surface area contributed by atoms with Crippen LogP contribution in [-0.4, -0.2) is 25.7 Å². The van der Waals surface area contributed by atoms with E-state index in [0.29, 0.717) is 10.7 Å². The zero-order chi connectivity index (χ0) is 15.1. The number of nitrogens with zero attached hydrogens (tertiary/aromatic N) is 3. The lowest BCUT2D eigenvalue weighted by Crippen LogP contribution is -2.27. The van der Waals surface area contributed by atoms with Gasteiger partial charge < -0.3 is 0 Å². The molecule has 0 bridgehead atoms. The van der Waals surface area contributed by atoms with Gasteiger partial charge in [0.2, 0.25) is 5.13 Å². The lowest BCUT2D eigenvalue weighted by Gasteiger charge is -2.18. The van der Waals surface area contributed by atoms with Crippen molar-refractivity contribution in [2.24, 2.45) is 0 Å². The average Bonchev–Trinajstić information content (AvgIpc) is 2.79. The summed E-state index contributed by atoms with van der Waals surface area (Å²) in [6.45, 7) is 5.42. The molecule has 108 valence electrons. The molecule has 20 heavy (non-hydrogen) atoms. The molecule has 2 aromatic rings. The molecule has 0 spiro atoms. The molecule has 0 aliphatic heterocycles. The molecule has 1 aromatic heterocycles. The number of aryl methyl sites for hydroxylation is 3. The molecule has 0 N–H and O–H groups in total. The van der Waals surface area contributed by atoms with Crippen molar-refractivity contribution in [3.8, 4) is 0 Å². The van der Waals surface area contributed by atoms with E-state index in [1.54, 1.807) is 26.0 Å². The van der Waals surface area contributed by atoms with Gasteiger partial charge in [-0.05, 0) is 44.0 Å². The van der Waals surface area contributed by atoms with Crippen LogP contribution in [0.25, 0.3) is 0 Å². The zero-order valence-corrected chi connectivity index (χ0v) is 14.7. The van der Waals surface area contributed by atoms with Crippen molar-refractivity contribution >= 4 is 42.4 Å². The third-order valence-corrected chi connectivity index (χ3v) is 6.65. The van der Waals surface area contributed by atoms with Crippen LogP contribution in [0.5, 0.6) is 0 Å². The van der Waals surface area contributed by atoms with E-state index in [1.807, 2.05) is 6.92 Å². The second-order valence-electron chi connectivity index (χ2n) is 4.44. The lowest BCUT2D eigenvalue weighted by atomic mass is 10.2. The van der Waals surface area contributed by atoms with Crippen LogP contribution in [0.3, 0.4) is 0 Å². The summed E-state index contributed by atoms with van der Waals surface area (Å²) in [5, 5.41) is 8.83. The Hall–Kier alpha value is -0.990. The molecule has 2 rings (SSSR count). The summed E-state index contributed by atoms with van der Waals surface area (Å²) in [4.78, 5) is 0.286. The van der Waals surface area contributed by atoms with E-state index in [4.69, 9.17) is 0 Å². The van der Waals surface area contributed by atoms with E-state index in [0.717, 1.165) is 15.0 Å². The van der Waals surface area contributed by atoms with E-state index >= 15 is 0 Å². The molecule has 0 radical (unpaired) electrons. The summed E-state index contributed by atoms with van der Waals surface area (Å²) < 4.78 is 27.4. The Kier molecular flexibility index (Phi) is 4.17. The highest BCUT2D eigenvalue weighted by atomic mass is 79.9. The third kappa shape index (κ3) is 2.72. The lowest BCUT2D eigenvalue weighted by molar-refractivity contribution is 0.593. The molecule has 0 aliphatic carbocycles. The van der Waals surface area contributed by atoms with Crippen molar-refractivity contribution in [1.29, 1.82) is 0 Å². The first-order valence-corrected chi connectivity index (χ1v) is 8.84. The van der Waals surface area contributed by atoms with Gasteiger partial charge in [0.15, 0.2) is 0 Å². The van der Waals surface area contributed by atoms with Gasteiger partial charge in [-0.1, -0.05) is 27.3 Å². The molecular formula is C12H14BrN3O2S2. The van der Waals surface area contributed by atoms with Crippen molar-refractivity contribution in [2.45, 2.75) is 25.7 Å². The van der Waals surface area contributed by atoms with E-state index in [9.17, 15) is 8.42 Å². The summed E-state index contributed by atoms with van der Waals surface area (Å²) in [6, 6.07) is 3.47. The maximum atomic E-state index is 12.7. The average molecular weight is 376 g/mol. The quantitative estimate of drug-likeness (QED) is 0.826. The first kappa shape index (κ1) is 15.4. The zero-order valence-electron chi connectivity index (χ0n) is 11.5. The van der Waals surface area contributed by atoms with Gasteiger partial charge >= 0.3 is 0 Å².